The largest absolute Gasteiger partial charge is 0.319 e. The van der Waals surface area contributed by atoms with Crippen molar-refractivity contribution in [3.05, 3.63) is 99.0 Å². The fourth-order valence-electron chi connectivity index (χ4n) is 3.30. The minimum atomic E-state index is -0.192. The number of rotatable bonds is 6. The van der Waals surface area contributed by atoms with Crippen LogP contribution < -0.4 is 5.32 Å². The molecular formula is C23H21Cl2N5O. The summed E-state index contributed by atoms with van der Waals surface area (Å²) in [5, 5.41) is 13.0. The molecule has 2 aromatic carbocycles. The van der Waals surface area contributed by atoms with Crippen LogP contribution in [0.25, 0.3) is 0 Å². The van der Waals surface area contributed by atoms with Gasteiger partial charge in [0.25, 0.3) is 5.91 Å². The Balaban J connectivity index is 1.38. The molecule has 1 N–H and O–H groups in total. The van der Waals surface area contributed by atoms with Crippen LogP contribution in [0.15, 0.2) is 60.9 Å². The zero-order valence-electron chi connectivity index (χ0n) is 17.1. The summed E-state index contributed by atoms with van der Waals surface area (Å²) in [4.78, 5) is 12.6. The van der Waals surface area contributed by atoms with Gasteiger partial charge in [0.1, 0.15) is 0 Å². The van der Waals surface area contributed by atoms with Crippen LogP contribution in [-0.4, -0.2) is 25.5 Å². The number of amides is 1. The highest BCUT2D eigenvalue weighted by atomic mass is 35.5. The third-order valence-electron chi connectivity index (χ3n) is 4.97. The van der Waals surface area contributed by atoms with Crippen molar-refractivity contribution in [2.24, 2.45) is 0 Å². The van der Waals surface area contributed by atoms with Gasteiger partial charge < -0.3 is 5.32 Å². The lowest BCUT2D eigenvalue weighted by molar-refractivity contribution is 0.102. The molecule has 2 aromatic heterocycles. The molecule has 6 nitrogen and oxygen atoms in total. The van der Waals surface area contributed by atoms with Crippen LogP contribution in [0.4, 0.5) is 5.69 Å². The summed E-state index contributed by atoms with van der Waals surface area (Å²) >= 11 is 12.2. The van der Waals surface area contributed by atoms with E-state index in [4.69, 9.17) is 23.2 Å². The second-order valence-corrected chi connectivity index (χ2v) is 8.16. The molecule has 0 spiro atoms. The number of aromatic nitrogens is 4. The number of benzene rings is 2. The van der Waals surface area contributed by atoms with Crippen molar-refractivity contribution in [2.75, 3.05) is 5.32 Å². The first kappa shape index (κ1) is 21.2. The van der Waals surface area contributed by atoms with E-state index >= 15 is 0 Å². The lowest BCUT2D eigenvalue weighted by Gasteiger charge is -2.07. The maximum atomic E-state index is 12.6. The minimum absolute atomic E-state index is 0.192. The maximum absolute atomic E-state index is 12.6. The molecule has 0 bridgehead atoms. The second kappa shape index (κ2) is 8.96. The van der Waals surface area contributed by atoms with Gasteiger partial charge in [-0.15, -0.1) is 0 Å². The molecule has 0 aliphatic carbocycles. The van der Waals surface area contributed by atoms with Gasteiger partial charge in [-0.3, -0.25) is 14.2 Å². The predicted octanol–water partition coefficient (Wildman–Crippen LogP) is 5.35. The van der Waals surface area contributed by atoms with E-state index in [1.165, 1.54) is 0 Å². The van der Waals surface area contributed by atoms with Gasteiger partial charge in [0.15, 0.2) is 0 Å². The molecule has 0 saturated heterocycles. The number of carbonyl (C=O) groups is 1. The zero-order chi connectivity index (χ0) is 22.0. The van der Waals surface area contributed by atoms with E-state index in [1.807, 2.05) is 54.9 Å². The molecule has 8 heteroatoms. The molecule has 0 aliphatic rings. The van der Waals surface area contributed by atoms with Gasteiger partial charge in [-0.2, -0.15) is 10.2 Å². The Bertz CT molecular complexity index is 1230. The van der Waals surface area contributed by atoms with E-state index < -0.39 is 0 Å². The van der Waals surface area contributed by atoms with Crippen LogP contribution in [0.5, 0.6) is 0 Å². The lowest BCUT2D eigenvalue weighted by Crippen LogP contribution is -2.12. The Labute approximate surface area is 190 Å². The molecule has 0 unspecified atom stereocenters. The second-order valence-electron chi connectivity index (χ2n) is 7.35. The molecule has 0 aliphatic heterocycles. The Morgan fingerprint density at radius 2 is 1.81 bits per heavy atom. The predicted molar refractivity (Wildman–Crippen MR) is 123 cm³/mol. The molecule has 1 amide bonds. The van der Waals surface area contributed by atoms with Crippen molar-refractivity contribution < 1.29 is 4.79 Å². The van der Waals surface area contributed by atoms with Gasteiger partial charge in [0, 0.05) is 16.8 Å². The molecule has 0 radical (unpaired) electrons. The van der Waals surface area contributed by atoms with Crippen molar-refractivity contribution in [1.29, 1.82) is 0 Å². The van der Waals surface area contributed by atoms with Gasteiger partial charge >= 0.3 is 0 Å². The quantitative estimate of drug-likeness (QED) is 0.427. The Kier molecular flexibility index (Phi) is 6.11. The summed E-state index contributed by atoms with van der Waals surface area (Å²) in [7, 11) is 0. The molecule has 0 saturated carbocycles. The highest BCUT2D eigenvalue weighted by Gasteiger charge is 2.11. The third kappa shape index (κ3) is 4.98. The molecule has 0 fully saturated rings. The van der Waals surface area contributed by atoms with Crippen LogP contribution in [0.1, 0.15) is 32.9 Å². The van der Waals surface area contributed by atoms with Crippen molar-refractivity contribution in [1.82, 2.24) is 19.6 Å². The number of anilines is 1. The van der Waals surface area contributed by atoms with E-state index in [1.54, 1.807) is 29.2 Å². The van der Waals surface area contributed by atoms with E-state index in [2.05, 4.69) is 15.5 Å². The molecule has 31 heavy (non-hydrogen) atoms. The van der Waals surface area contributed by atoms with E-state index in [-0.39, 0.29) is 5.91 Å². The van der Waals surface area contributed by atoms with Gasteiger partial charge in [-0.05, 0) is 49.2 Å². The average molecular weight is 454 g/mol. The fraction of sp³-hybridized carbons (Fsp3) is 0.174. The summed E-state index contributed by atoms with van der Waals surface area (Å²) in [5.41, 5.74) is 5.01. The number of aryl methyl sites for hydroxylation is 1. The Hall–Kier alpha value is -3.09. The topological polar surface area (TPSA) is 64.7 Å². The number of hydrogen-bond acceptors (Lipinski definition) is 3. The molecule has 0 atom stereocenters. The highest BCUT2D eigenvalue weighted by Crippen LogP contribution is 2.20. The lowest BCUT2D eigenvalue weighted by atomic mass is 10.1. The molecule has 4 rings (SSSR count). The summed E-state index contributed by atoms with van der Waals surface area (Å²) in [6.07, 6.45) is 3.42. The highest BCUT2D eigenvalue weighted by molar-refractivity contribution is 6.31. The molecule has 4 aromatic rings. The van der Waals surface area contributed by atoms with Crippen molar-refractivity contribution in [3.63, 3.8) is 0 Å². The number of hydrogen-bond donors (Lipinski definition) is 1. The standard InChI is InChI=1S/C23H21Cl2N5O/c1-15-22(25)16(2)30(28-15)13-17-6-8-19(9-7-17)23(31)27-21-11-26-29(14-21)12-18-4-3-5-20(24)10-18/h3-11,14H,12-13H2,1-2H3,(H,27,31). The van der Waals surface area contributed by atoms with Crippen LogP contribution in [-0.2, 0) is 13.1 Å². The number of nitrogens with zero attached hydrogens (tertiary/aromatic N) is 4. The first-order valence-corrected chi connectivity index (χ1v) is 10.5. The molecule has 158 valence electrons. The van der Waals surface area contributed by atoms with Crippen LogP contribution in [0.3, 0.4) is 0 Å². The first-order chi connectivity index (χ1) is 14.9. The zero-order valence-corrected chi connectivity index (χ0v) is 18.7. The first-order valence-electron chi connectivity index (χ1n) is 9.76. The normalized spacial score (nSPS) is 11.0. The summed E-state index contributed by atoms with van der Waals surface area (Å²) < 4.78 is 3.62. The fourth-order valence-corrected chi connectivity index (χ4v) is 3.65. The van der Waals surface area contributed by atoms with Crippen LogP contribution >= 0.6 is 23.2 Å². The monoisotopic (exact) mass is 453 g/mol. The molecule has 2 heterocycles. The summed E-state index contributed by atoms with van der Waals surface area (Å²) in [6.45, 7) is 4.99. The smallest absolute Gasteiger partial charge is 0.255 e. The maximum Gasteiger partial charge on any atom is 0.255 e. The van der Waals surface area contributed by atoms with Gasteiger partial charge in [0.05, 0.1) is 41.4 Å². The van der Waals surface area contributed by atoms with Gasteiger partial charge in [0.2, 0.25) is 0 Å². The summed E-state index contributed by atoms with van der Waals surface area (Å²) in [5.74, 6) is -0.192. The Morgan fingerprint density at radius 3 is 2.48 bits per heavy atom. The van der Waals surface area contributed by atoms with Gasteiger partial charge in [-0.1, -0.05) is 47.5 Å². The number of nitrogens with one attached hydrogen (secondary N) is 1. The van der Waals surface area contributed by atoms with Crippen LogP contribution in [0.2, 0.25) is 10.0 Å². The third-order valence-corrected chi connectivity index (χ3v) is 5.75. The van der Waals surface area contributed by atoms with Crippen molar-refractivity contribution >= 4 is 34.8 Å². The Morgan fingerprint density at radius 1 is 1.03 bits per heavy atom. The van der Waals surface area contributed by atoms with E-state index in [0.717, 1.165) is 22.5 Å². The van der Waals surface area contributed by atoms with Crippen molar-refractivity contribution in [2.45, 2.75) is 26.9 Å². The number of halogens is 2. The van der Waals surface area contributed by atoms with E-state index in [9.17, 15) is 4.79 Å². The SMILES string of the molecule is Cc1nn(Cc2ccc(C(=O)Nc3cnn(Cc4cccc(Cl)c4)c3)cc2)c(C)c1Cl. The number of carbonyl (C=O) groups excluding carboxylic acids is 1. The van der Waals surface area contributed by atoms with Crippen molar-refractivity contribution in [3.8, 4) is 0 Å². The summed E-state index contributed by atoms with van der Waals surface area (Å²) in [6, 6.07) is 15.0. The molecular weight excluding hydrogens is 433 g/mol. The van der Waals surface area contributed by atoms with Gasteiger partial charge in [-0.25, -0.2) is 0 Å². The minimum Gasteiger partial charge on any atom is -0.319 e. The average Bonchev–Trinajstić information content (AvgIpc) is 3.28. The van der Waals surface area contributed by atoms with E-state index in [0.29, 0.717) is 34.4 Å². The van der Waals surface area contributed by atoms with Crippen LogP contribution in [0, 0.1) is 13.8 Å².